The molecule has 8 aliphatic rings. The first-order valence-corrected chi connectivity index (χ1v) is 16.3. The molecule has 238 valence electrons. The Hall–Kier alpha value is -2.48. The van der Waals surface area contributed by atoms with E-state index in [-0.39, 0.29) is 47.1 Å². The van der Waals surface area contributed by atoms with Gasteiger partial charge in [-0.15, -0.1) is 0 Å². The Kier molecular flexibility index (Phi) is 7.11. The highest BCUT2D eigenvalue weighted by Crippen LogP contribution is 2.60. The van der Waals surface area contributed by atoms with Crippen molar-refractivity contribution in [3.8, 4) is 0 Å². The Labute approximate surface area is 247 Å². The number of halogens is 2. The van der Waals surface area contributed by atoms with Crippen LogP contribution in [0.1, 0.15) is 71.1 Å². The minimum Gasteiger partial charge on any atom is -0.464 e. The molecular formula is C29H36F2O11S. The molecule has 0 aliphatic heterocycles. The van der Waals surface area contributed by atoms with Crippen LogP contribution in [0.25, 0.3) is 0 Å². The normalized spacial score (nSPS) is 39.0. The average molecular weight is 631 g/mol. The van der Waals surface area contributed by atoms with Crippen LogP contribution in [0.5, 0.6) is 0 Å². The van der Waals surface area contributed by atoms with Gasteiger partial charge in [0.1, 0.15) is 30.2 Å². The second kappa shape index (κ2) is 10.0. The fraction of sp³-hybridized carbons (Fsp3) is 0.828. The molecule has 0 saturated heterocycles. The van der Waals surface area contributed by atoms with E-state index in [1.165, 1.54) is 6.92 Å². The monoisotopic (exact) mass is 630 g/mol. The van der Waals surface area contributed by atoms with Crippen molar-refractivity contribution in [2.75, 3.05) is 19.8 Å². The summed E-state index contributed by atoms with van der Waals surface area (Å²) in [5, 5.41) is -4.80. The molecule has 11 nitrogen and oxygen atoms in total. The lowest BCUT2D eigenvalue weighted by Crippen LogP contribution is -2.56. The van der Waals surface area contributed by atoms with Crippen molar-refractivity contribution in [2.24, 2.45) is 51.8 Å². The Morgan fingerprint density at radius 1 is 0.744 bits per heavy atom. The van der Waals surface area contributed by atoms with Gasteiger partial charge in [0, 0.05) is 23.7 Å². The fourth-order valence-electron chi connectivity index (χ4n) is 9.31. The Bertz CT molecular complexity index is 1270. The Morgan fingerprint density at radius 3 is 1.47 bits per heavy atom. The van der Waals surface area contributed by atoms with Gasteiger partial charge in [0.2, 0.25) is 0 Å². The van der Waals surface area contributed by atoms with Crippen LogP contribution in [0.2, 0.25) is 0 Å². The molecule has 0 aromatic heterocycles. The maximum absolute atomic E-state index is 13.9. The zero-order valence-corrected chi connectivity index (χ0v) is 24.7. The lowest BCUT2D eigenvalue weighted by Gasteiger charge is -2.54. The van der Waals surface area contributed by atoms with E-state index in [0.717, 1.165) is 25.7 Å². The van der Waals surface area contributed by atoms with Gasteiger partial charge in [-0.2, -0.15) is 17.2 Å². The number of rotatable bonds is 10. The van der Waals surface area contributed by atoms with Crippen molar-refractivity contribution in [2.45, 2.75) is 76.4 Å². The van der Waals surface area contributed by atoms with E-state index in [1.807, 2.05) is 0 Å². The summed E-state index contributed by atoms with van der Waals surface area (Å²) in [6, 6.07) is 0. The number of esters is 3. The summed E-state index contributed by atoms with van der Waals surface area (Å²) in [6.07, 6.45) is 5.30. The highest BCUT2D eigenvalue weighted by molar-refractivity contribution is 7.86. The van der Waals surface area contributed by atoms with Crippen LogP contribution < -0.4 is 0 Å². The topological polar surface area (TPSA) is 167 Å². The highest BCUT2D eigenvalue weighted by Gasteiger charge is 2.61. The third-order valence-electron chi connectivity index (χ3n) is 11.1. The molecule has 0 aromatic carbocycles. The molecule has 8 fully saturated rings. The van der Waals surface area contributed by atoms with Crippen LogP contribution in [0, 0.1) is 51.8 Å². The van der Waals surface area contributed by atoms with Crippen LogP contribution in [-0.4, -0.2) is 67.5 Å². The van der Waals surface area contributed by atoms with Crippen molar-refractivity contribution in [1.29, 1.82) is 0 Å². The van der Waals surface area contributed by atoms with E-state index >= 15 is 0 Å². The quantitative estimate of drug-likeness (QED) is 0.214. The van der Waals surface area contributed by atoms with Crippen molar-refractivity contribution >= 4 is 39.6 Å². The van der Waals surface area contributed by atoms with Gasteiger partial charge in [0.25, 0.3) is 0 Å². The fourth-order valence-corrected chi connectivity index (χ4v) is 9.52. The molecule has 0 aromatic rings. The van der Waals surface area contributed by atoms with Gasteiger partial charge in [-0.1, -0.05) is 0 Å². The van der Waals surface area contributed by atoms with Gasteiger partial charge in [-0.25, -0.2) is 0 Å². The minimum atomic E-state index is -5.89. The first kappa shape index (κ1) is 30.5. The summed E-state index contributed by atoms with van der Waals surface area (Å²) in [5.41, 5.74) is -3.82. The standard InChI is InChI=1S/C29H36F2O11S/c1-26(23(34)42-14-29(30,31)43(37,38)39,12-40-24(35)27-6-15-2-17(8-27)21(32)18(3-15)9-27)13-41-25(36)28-7-16-4-19(10-28)22(33)20(5-16)11-28/h15-20H,2-14H2,1H3,(H,37,38,39). The summed E-state index contributed by atoms with van der Waals surface area (Å²) in [7, 11) is -5.89. The maximum atomic E-state index is 13.9. The predicted molar refractivity (Wildman–Crippen MR) is 139 cm³/mol. The molecule has 8 bridgehead atoms. The van der Waals surface area contributed by atoms with Gasteiger partial charge in [0.05, 0.1) is 10.8 Å². The van der Waals surface area contributed by atoms with Crippen LogP contribution in [0.15, 0.2) is 0 Å². The lowest BCUT2D eigenvalue weighted by atomic mass is 9.49. The number of ether oxygens (including phenoxy) is 3. The second-order valence-electron chi connectivity index (χ2n) is 14.5. The van der Waals surface area contributed by atoms with Gasteiger partial charge < -0.3 is 14.2 Å². The maximum Gasteiger partial charge on any atom is 0.402 e. The van der Waals surface area contributed by atoms with Crippen LogP contribution >= 0.6 is 0 Å². The Morgan fingerprint density at radius 2 is 1.12 bits per heavy atom. The molecule has 1 N–H and O–H groups in total. The predicted octanol–water partition coefficient (Wildman–Crippen LogP) is 2.89. The van der Waals surface area contributed by atoms with Crippen molar-refractivity contribution in [1.82, 2.24) is 0 Å². The SMILES string of the molecule is CC(COC(=O)C12CC3CC(C1)C(=O)C(C3)C2)(COC(=O)C12CC3CC(C1)C(=O)C(C3)C2)C(=O)OCC(F)(F)S(=O)(=O)O. The van der Waals surface area contributed by atoms with Crippen LogP contribution in [0.4, 0.5) is 8.78 Å². The van der Waals surface area contributed by atoms with Crippen molar-refractivity contribution in [3.05, 3.63) is 0 Å². The molecule has 43 heavy (non-hydrogen) atoms. The van der Waals surface area contributed by atoms with Gasteiger partial charge in [-0.05, 0) is 83.0 Å². The van der Waals surface area contributed by atoms with E-state index in [0.29, 0.717) is 38.5 Å². The van der Waals surface area contributed by atoms with E-state index in [9.17, 15) is 41.2 Å². The largest absolute Gasteiger partial charge is 0.464 e. The van der Waals surface area contributed by atoms with E-state index in [2.05, 4.69) is 4.74 Å². The summed E-state index contributed by atoms with van der Waals surface area (Å²) in [6.45, 7) is -2.25. The van der Waals surface area contributed by atoms with Gasteiger partial charge >= 0.3 is 33.3 Å². The molecule has 14 heteroatoms. The number of alkyl halides is 2. The smallest absolute Gasteiger partial charge is 0.402 e. The first-order chi connectivity index (χ1) is 20.0. The molecule has 4 unspecified atom stereocenters. The second-order valence-corrected chi connectivity index (χ2v) is 16.0. The van der Waals surface area contributed by atoms with E-state index < -0.39 is 69.3 Å². The first-order valence-electron chi connectivity index (χ1n) is 14.9. The summed E-state index contributed by atoms with van der Waals surface area (Å²) < 4.78 is 74.4. The molecule has 8 rings (SSSR count). The zero-order valence-electron chi connectivity index (χ0n) is 23.9. The lowest BCUT2D eigenvalue weighted by molar-refractivity contribution is -0.188. The van der Waals surface area contributed by atoms with Crippen LogP contribution in [0.3, 0.4) is 0 Å². The molecule has 4 atom stereocenters. The number of hydrogen-bond donors (Lipinski definition) is 1. The number of hydrogen-bond acceptors (Lipinski definition) is 10. The molecule has 8 aliphatic carbocycles. The van der Waals surface area contributed by atoms with Crippen LogP contribution in [-0.2, 0) is 48.3 Å². The zero-order chi connectivity index (χ0) is 31.2. The molecule has 8 saturated carbocycles. The summed E-state index contributed by atoms with van der Waals surface area (Å²) in [5.74, 6) is -2.88. The van der Waals surface area contributed by atoms with Crippen molar-refractivity contribution in [3.63, 3.8) is 0 Å². The third-order valence-corrected chi connectivity index (χ3v) is 12.0. The van der Waals surface area contributed by atoms with E-state index in [4.69, 9.17) is 14.0 Å². The molecule has 0 spiro atoms. The summed E-state index contributed by atoms with van der Waals surface area (Å²) >= 11 is 0. The molecular weight excluding hydrogens is 594 g/mol. The molecule has 0 amide bonds. The molecule has 0 heterocycles. The van der Waals surface area contributed by atoms with E-state index in [1.54, 1.807) is 0 Å². The average Bonchev–Trinajstić information content (AvgIpc) is 2.93. The number of Topliss-reactive ketones (excluding diaryl/α,β-unsaturated/α-hetero) is 2. The number of carbonyl (C=O) groups excluding carboxylic acids is 5. The van der Waals surface area contributed by atoms with Gasteiger partial charge in [-0.3, -0.25) is 28.5 Å². The van der Waals surface area contributed by atoms with Gasteiger partial charge in [0.15, 0.2) is 6.61 Å². The van der Waals surface area contributed by atoms with Crippen molar-refractivity contribution < 1.29 is 59.9 Å². The number of ketones is 2. The minimum absolute atomic E-state index is 0.158. The number of carbonyl (C=O) groups is 5. The molecule has 0 radical (unpaired) electrons. The Balaban J connectivity index is 1.17. The highest BCUT2D eigenvalue weighted by atomic mass is 32.2. The summed E-state index contributed by atoms with van der Waals surface area (Å²) in [4.78, 5) is 65.2. The third kappa shape index (κ3) is 5.09.